The molecule has 1 atom stereocenters. The summed E-state index contributed by atoms with van der Waals surface area (Å²) in [6.45, 7) is 5.35. The van der Waals surface area contributed by atoms with Crippen molar-refractivity contribution in [1.82, 2.24) is 20.4 Å². The summed E-state index contributed by atoms with van der Waals surface area (Å²) in [5.41, 5.74) is 2.19. The molecule has 9 heteroatoms. The number of hydrogen-bond acceptors (Lipinski definition) is 5. The molecule has 1 aliphatic heterocycles. The molecule has 0 spiro atoms. The lowest BCUT2D eigenvalue weighted by atomic mass is 10.2. The highest BCUT2D eigenvalue weighted by Gasteiger charge is 2.24. The third-order valence-electron chi connectivity index (χ3n) is 4.90. The van der Waals surface area contributed by atoms with Crippen LogP contribution in [0.1, 0.15) is 19.0 Å². The lowest BCUT2D eigenvalue weighted by Gasteiger charge is -2.21. The fourth-order valence-corrected chi connectivity index (χ4v) is 3.32. The van der Waals surface area contributed by atoms with E-state index in [0.717, 1.165) is 54.9 Å². The van der Waals surface area contributed by atoms with Crippen LogP contribution in [0.5, 0.6) is 11.5 Å². The van der Waals surface area contributed by atoms with Crippen LogP contribution in [0.2, 0.25) is 0 Å². The fraction of sp³-hybridized carbons (Fsp3) is 0.500. The molecule has 8 nitrogen and oxygen atoms in total. The maximum atomic E-state index is 5.40. The molecule has 1 fully saturated rings. The Labute approximate surface area is 189 Å². The van der Waals surface area contributed by atoms with Crippen molar-refractivity contribution in [3.63, 3.8) is 0 Å². The first kappa shape index (κ1) is 23.1. The van der Waals surface area contributed by atoms with Crippen molar-refractivity contribution in [1.29, 1.82) is 0 Å². The fourth-order valence-electron chi connectivity index (χ4n) is 3.32. The number of aliphatic imine (C=N–C) groups is 1. The van der Waals surface area contributed by atoms with Gasteiger partial charge in [-0.05, 0) is 19.4 Å². The van der Waals surface area contributed by atoms with E-state index in [2.05, 4.69) is 27.6 Å². The van der Waals surface area contributed by atoms with Gasteiger partial charge in [0.15, 0.2) is 5.96 Å². The summed E-state index contributed by atoms with van der Waals surface area (Å²) in [5.74, 6) is 2.44. The Hall–Kier alpha value is -2.17. The first-order chi connectivity index (χ1) is 13.6. The van der Waals surface area contributed by atoms with Crippen molar-refractivity contribution in [2.75, 3.05) is 38.8 Å². The van der Waals surface area contributed by atoms with E-state index in [9.17, 15) is 0 Å². The molecule has 2 heterocycles. The molecule has 0 radical (unpaired) electrons. The Bertz CT molecular complexity index is 788. The van der Waals surface area contributed by atoms with Gasteiger partial charge in [0, 0.05) is 62.8 Å². The summed E-state index contributed by atoms with van der Waals surface area (Å²) in [7, 11) is 5.28. The number of hydrogen-bond donors (Lipinski definition) is 2. The number of benzene rings is 1. The van der Waals surface area contributed by atoms with E-state index in [1.165, 1.54) is 0 Å². The molecule has 0 bridgehead atoms. The average molecular weight is 514 g/mol. The van der Waals surface area contributed by atoms with Gasteiger partial charge in [-0.25, -0.2) is 4.99 Å². The molecule has 1 unspecified atom stereocenters. The molecular formula is C20H31IN6O2. The van der Waals surface area contributed by atoms with Gasteiger partial charge in [0.2, 0.25) is 0 Å². The van der Waals surface area contributed by atoms with Crippen LogP contribution < -0.4 is 25.0 Å². The third-order valence-corrected chi connectivity index (χ3v) is 4.90. The van der Waals surface area contributed by atoms with E-state index >= 15 is 0 Å². The number of aryl methyl sites for hydroxylation is 1. The molecule has 2 aromatic rings. The van der Waals surface area contributed by atoms with E-state index in [-0.39, 0.29) is 24.0 Å². The van der Waals surface area contributed by atoms with E-state index in [1.807, 2.05) is 36.0 Å². The van der Waals surface area contributed by atoms with Gasteiger partial charge in [-0.1, -0.05) is 0 Å². The van der Waals surface area contributed by atoms with Crippen LogP contribution in [-0.4, -0.2) is 55.6 Å². The normalized spacial score (nSPS) is 16.3. The minimum absolute atomic E-state index is 0. The molecule has 1 aromatic heterocycles. The number of rotatable bonds is 7. The lowest BCUT2D eigenvalue weighted by molar-refractivity contribution is 0.394. The molecule has 160 valence electrons. The predicted molar refractivity (Wildman–Crippen MR) is 127 cm³/mol. The molecule has 29 heavy (non-hydrogen) atoms. The first-order valence-corrected chi connectivity index (χ1v) is 9.62. The van der Waals surface area contributed by atoms with Crippen LogP contribution >= 0.6 is 24.0 Å². The van der Waals surface area contributed by atoms with Gasteiger partial charge >= 0.3 is 0 Å². The lowest BCUT2D eigenvalue weighted by Crippen LogP contribution is -2.44. The zero-order chi connectivity index (χ0) is 19.9. The van der Waals surface area contributed by atoms with Crippen LogP contribution in [0.25, 0.3) is 0 Å². The van der Waals surface area contributed by atoms with Gasteiger partial charge in [-0.15, -0.1) is 24.0 Å². The summed E-state index contributed by atoms with van der Waals surface area (Å²) in [4.78, 5) is 7.05. The zero-order valence-corrected chi connectivity index (χ0v) is 19.8. The van der Waals surface area contributed by atoms with Gasteiger partial charge in [-0.3, -0.25) is 4.68 Å². The smallest absolute Gasteiger partial charge is 0.191 e. The van der Waals surface area contributed by atoms with Crippen molar-refractivity contribution < 1.29 is 9.47 Å². The summed E-state index contributed by atoms with van der Waals surface area (Å²) < 4.78 is 12.6. The quantitative estimate of drug-likeness (QED) is 0.336. The second kappa shape index (κ2) is 11.1. The Balaban J connectivity index is 0.00000300. The molecule has 3 rings (SSSR count). The van der Waals surface area contributed by atoms with Crippen LogP contribution in [-0.2, 0) is 13.6 Å². The number of guanidine groups is 1. The number of nitrogens with zero attached hydrogens (tertiary/aromatic N) is 4. The van der Waals surface area contributed by atoms with E-state index < -0.39 is 0 Å². The topological polar surface area (TPSA) is 75.9 Å². The van der Waals surface area contributed by atoms with Crippen molar-refractivity contribution in [3.05, 3.63) is 36.2 Å². The highest BCUT2D eigenvalue weighted by atomic mass is 127. The highest BCUT2D eigenvalue weighted by Crippen LogP contribution is 2.30. The maximum Gasteiger partial charge on any atom is 0.191 e. The summed E-state index contributed by atoms with van der Waals surface area (Å²) >= 11 is 0. The maximum absolute atomic E-state index is 5.40. The Morgan fingerprint density at radius 2 is 1.97 bits per heavy atom. The monoisotopic (exact) mass is 514 g/mol. The van der Waals surface area contributed by atoms with E-state index in [1.54, 1.807) is 20.4 Å². The SMILES string of the molecule is CCNC(=NCc1ccnn1C)NC1CCN(c2cc(OC)cc(OC)c2)C1.I. The minimum atomic E-state index is 0. The number of anilines is 1. The Morgan fingerprint density at radius 1 is 1.24 bits per heavy atom. The van der Waals surface area contributed by atoms with Crippen LogP contribution in [0.4, 0.5) is 5.69 Å². The van der Waals surface area contributed by atoms with Gasteiger partial charge in [0.25, 0.3) is 0 Å². The molecular weight excluding hydrogens is 483 g/mol. The number of halogens is 1. The van der Waals surface area contributed by atoms with Crippen molar-refractivity contribution in [2.45, 2.75) is 25.9 Å². The van der Waals surface area contributed by atoms with Crippen LogP contribution in [0, 0.1) is 0 Å². The third kappa shape index (κ3) is 6.15. The average Bonchev–Trinajstić information content (AvgIpc) is 3.34. The van der Waals surface area contributed by atoms with E-state index in [0.29, 0.717) is 12.6 Å². The highest BCUT2D eigenvalue weighted by molar-refractivity contribution is 14.0. The van der Waals surface area contributed by atoms with Crippen LogP contribution in [0.15, 0.2) is 35.5 Å². The second-order valence-corrected chi connectivity index (χ2v) is 6.79. The van der Waals surface area contributed by atoms with Gasteiger partial charge in [0.1, 0.15) is 11.5 Å². The molecule has 2 N–H and O–H groups in total. The van der Waals surface area contributed by atoms with Crippen molar-refractivity contribution in [2.24, 2.45) is 12.0 Å². The standard InChI is InChI=1S/C20H30N6O2.HI/c1-5-21-20(22-13-16-6-8-23-25(16)2)24-15-7-9-26(14-15)17-10-18(27-3)12-19(11-17)28-4;/h6,8,10-12,15H,5,7,9,13-14H2,1-4H3,(H2,21,22,24);1H. The Kier molecular flexibility index (Phi) is 8.87. The molecule has 0 saturated carbocycles. The van der Waals surface area contributed by atoms with Gasteiger partial charge in [-0.2, -0.15) is 5.10 Å². The molecule has 0 aliphatic carbocycles. The number of ether oxygens (including phenoxy) is 2. The zero-order valence-electron chi connectivity index (χ0n) is 17.5. The molecule has 0 amide bonds. The number of methoxy groups -OCH3 is 2. The largest absolute Gasteiger partial charge is 0.497 e. The number of aromatic nitrogens is 2. The second-order valence-electron chi connectivity index (χ2n) is 6.79. The summed E-state index contributed by atoms with van der Waals surface area (Å²) in [5, 5.41) is 11.1. The first-order valence-electron chi connectivity index (χ1n) is 9.62. The number of nitrogens with one attached hydrogen (secondary N) is 2. The summed E-state index contributed by atoms with van der Waals surface area (Å²) in [6, 6.07) is 8.30. The minimum Gasteiger partial charge on any atom is -0.497 e. The molecule has 1 aromatic carbocycles. The molecule has 1 aliphatic rings. The Morgan fingerprint density at radius 3 is 2.55 bits per heavy atom. The van der Waals surface area contributed by atoms with Crippen molar-refractivity contribution in [3.8, 4) is 11.5 Å². The van der Waals surface area contributed by atoms with Crippen LogP contribution in [0.3, 0.4) is 0 Å². The van der Waals surface area contributed by atoms with Crippen molar-refractivity contribution >= 4 is 35.6 Å². The predicted octanol–water partition coefficient (Wildman–Crippen LogP) is 2.39. The van der Waals surface area contributed by atoms with E-state index in [4.69, 9.17) is 14.5 Å². The molecule has 1 saturated heterocycles. The van der Waals surface area contributed by atoms with Gasteiger partial charge < -0.3 is 25.0 Å². The van der Waals surface area contributed by atoms with Gasteiger partial charge in [0.05, 0.1) is 26.5 Å². The summed E-state index contributed by atoms with van der Waals surface area (Å²) in [6.07, 6.45) is 2.83.